The molecule has 0 aromatic carbocycles. The predicted molar refractivity (Wildman–Crippen MR) is 56.1 cm³/mol. The van der Waals surface area contributed by atoms with E-state index in [1.807, 2.05) is 0 Å². The van der Waals surface area contributed by atoms with Crippen molar-refractivity contribution in [2.45, 2.75) is 49.0 Å². The van der Waals surface area contributed by atoms with Crippen LogP contribution in [0.5, 0.6) is 0 Å². The maximum atomic E-state index is 12.1. The van der Waals surface area contributed by atoms with Gasteiger partial charge in [0.2, 0.25) is 0 Å². The van der Waals surface area contributed by atoms with Gasteiger partial charge in [-0.1, -0.05) is 15.9 Å². The lowest BCUT2D eigenvalue weighted by Gasteiger charge is -2.36. The van der Waals surface area contributed by atoms with Gasteiger partial charge in [0.05, 0.1) is 6.67 Å². The summed E-state index contributed by atoms with van der Waals surface area (Å²) in [4.78, 5) is 3.25. The summed E-state index contributed by atoms with van der Waals surface area (Å²) in [6.07, 6.45) is 5.92. The van der Waals surface area contributed by atoms with Crippen molar-refractivity contribution in [3.63, 3.8) is 0 Å². The molecule has 0 aromatic rings. The van der Waals surface area contributed by atoms with Gasteiger partial charge in [-0.2, -0.15) is 0 Å². The summed E-state index contributed by atoms with van der Waals surface area (Å²) in [5, 5.41) is 0. The van der Waals surface area contributed by atoms with Crippen LogP contribution in [-0.4, -0.2) is 35.0 Å². The van der Waals surface area contributed by atoms with E-state index in [4.69, 9.17) is 0 Å². The largest absolute Gasteiger partial charge is 0.297 e. The van der Waals surface area contributed by atoms with Gasteiger partial charge in [0.15, 0.2) is 0 Å². The third-order valence-corrected chi connectivity index (χ3v) is 4.12. The molecule has 2 bridgehead atoms. The Bertz CT molecular complexity index is 162. The van der Waals surface area contributed by atoms with Crippen LogP contribution < -0.4 is 0 Å². The van der Waals surface area contributed by atoms with E-state index in [1.165, 1.54) is 25.7 Å². The van der Waals surface area contributed by atoms with E-state index in [0.29, 0.717) is 4.83 Å². The average molecular weight is 250 g/mol. The maximum absolute atomic E-state index is 12.1. The molecule has 2 fully saturated rings. The number of nitrogens with zero attached hydrogens (tertiary/aromatic N) is 1. The van der Waals surface area contributed by atoms with Gasteiger partial charge in [-0.3, -0.25) is 9.29 Å². The van der Waals surface area contributed by atoms with E-state index in [2.05, 4.69) is 20.8 Å². The Morgan fingerprint density at radius 3 is 2.38 bits per heavy atom. The van der Waals surface area contributed by atoms with Crippen molar-refractivity contribution in [3.05, 3.63) is 0 Å². The summed E-state index contributed by atoms with van der Waals surface area (Å²) in [7, 11) is 0. The number of piperidine rings is 1. The third-order valence-electron chi connectivity index (χ3n) is 3.38. The smallest absolute Gasteiger partial charge is 0.0906 e. The van der Waals surface area contributed by atoms with Gasteiger partial charge >= 0.3 is 0 Å². The molecule has 0 aromatic heterocycles. The molecule has 2 aliphatic rings. The van der Waals surface area contributed by atoms with Crippen molar-refractivity contribution in [2.24, 2.45) is 0 Å². The molecular weight excluding hydrogens is 233 g/mol. The zero-order chi connectivity index (χ0) is 9.26. The summed E-state index contributed by atoms with van der Waals surface area (Å²) in [5.41, 5.74) is 0. The third kappa shape index (κ3) is 2.07. The molecule has 13 heavy (non-hydrogen) atoms. The molecule has 0 saturated carbocycles. The zero-order valence-corrected chi connectivity index (χ0v) is 9.47. The van der Waals surface area contributed by atoms with Gasteiger partial charge in [0, 0.05) is 23.5 Å². The highest BCUT2D eigenvalue weighted by atomic mass is 79.9. The van der Waals surface area contributed by atoms with E-state index >= 15 is 0 Å². The normalized spacial score (nSPS) is 39.7. The maximum Gasteiger partial charge on any atom is 0.0906 e. The minimum Gasteiger partial charge on any atom is -0.297 e. The van der Waals surface area contributed by atoms with E-state index in [1.54, 1.807) is 0 Å². The van der Waals surface area contributed by atoms with Crippen molar-refractivity contribution in [3.8, 4) is 0 Å². The Balaban J connectivity index is 1.90. The fraction of sp³-hybridized carbons (Fsp3) is 1.00. The van der Waals surface area contributed by atoms with Crippen molar-refractivity contribution >= 4 is 15.9 Å². The van der Waals surface area contributed by atoms with E-state index in [-0.39, 0.29) is 6.67 Å². The number of fused-ring (bicyclic) bond motifs is 2. The molecule has 3 heteroatoms. The van der Waals surface area contributed by atoms with Gasteiger partial charge < -0.3 is 0 Å². The lowest BCUT2D eigenvalue weighted by molar-refractivity contribution is 0.140. The molecule has 0 N–H and O–H groups in total. The van der Waals surface area contributed by atoms with Crippen LogP contribution in [0.15, 0.2) is 0 Å². The van der Waals surface area contributed by atoms with E-state index < -0.39 is 0 Å². The SMILES string of the molecule is FCCCN1C2CCC1CC(Br)C2. The summed E-state index contributed by atoms with van der Waals surface area (Å²) >= 11 is 3.70. The van der Waals surface area contributed by atoms with Crippen LogP contribution in [0.4, 0.5) is 4.39 Å². The Labute approximate surface area is 87.8 Å². The van der Waals surface area contributed by atoms with Gasteiger partial charge in [0.25, 0.3) is 0 Å². The Hall–Kier alpha value is 0.370. The highest BCUT2D eigenvalue weighted by Gasteiger charge is 2.39. The molecule has 2 unspecified atom stereocenters. The molecule has 2 atom stereocenters. The fourth-order valence-corrected chi connectivity index (χ4v) is 3.68. The van der Waals surface area contributed by atoms with Gasteiger partial charge in [-0.05, 0) is 32.1 Å². The zero-order valence-electron chi connectivity index (χ0n) is 7.88. The standard InChI is InChI=1S/C10H17BrFN/c11-8-6-9-2-3-10(7-8)13(9)5-1-4-12/h8-10H,1-7H2. The van der Waals surface area contributed by atoms with Crippen molar-refractivity contribution in [2.75, 3.05) is 13.2 Å². The number of halogens is 2. The average Bonchev–Trinajstić information content (AvgIpc) is 2.33. The van der Waals surface area contributed by atoms with Crippen molar-refractivity contribution in [1.29, 1.82) is 0 Å². The van der Waals surface area contributed by atoms with Crippen LogP contribution in [0.25, 0.3) is 0 Å². The Kier molecular flexibility index (Phi) is 3.25. The van der Waals surface area contributed by atoms with Crippen LogP contribution in [0.1, 0.15) is 32.1 Å². The van der Waals surface area contributed by atoms with Crippen molar-refractivity contribution in [1.82, 2.24) is 4.90 Å². The van der Waals surface area contributed by atoms with Crippen LogP contribution in [-0.2, 0) is 0 Å². The molecule has 2 rings (SSSR count). The minimum atomic E-state index is -0.159. The second-order valence-electron chi connectivity index (χ2n) is 4.23. The first kappa shape index (κ1) is 9.91. The molecule has 0 aliphatic carbocycles. The lowest BCUT2D eigenvalue weighted by atomic mass is 10.0. The number of hydrogen-bond donors (Lipinski definition) is 0. The predicted octanol–water partition coefficient (Wildman–Crippen LogP) is 2.74. The Morgan fingerprint density at radius 1 is 1.23 bits per heavy atom. The molecule has 2 heterocycles. The second kappa shape index (κ2) is 4.26. The van der Waals surface area contributed by atoms with Crippen LogP contribution >= 0.6 is 15.9 Å². The highest BCUT2D eigenvalue weighted by Crippen LogP contribution is 2.38. The fourth-order valence-electron chi connectivity index (χ4n) is 2.82. The molecule has 0 radical (unpaired) electrons. The summed E-state index contributed by atoms with van der Waals surface area (Å²) in [5.74, 6) is 0. The molecule has 2 saturated heterocycles. The van der Waals surface area contributed by atoms with Gasteiger partial charge in [-0.15, -0.1) is 0 Å². The lowest BCUT2D eigenvalue weighted by Crippen LogP contribution is -2.43. The molecule has 1 nitrogen and oxygen atoms in total. The quantitative estimate of drug-likeness (QED) is 0.696. The summed E-state index contributed by atoms with van der Waals surface area (Å²) < 4.78 is 12.1. The van der Waals surface area contributed by atoms with Crippen LogP contribution in [0, 0.1) is 0 Å². The molecule has 0 spiro atoms. The van der Waals surface area contributed by atoms with E-state index in [9.17, 15) is 4.39 Å². The highest BCUT2D eigenvalue weighted by molar-refractivity contribution is 9.09. The Morgan fingerprint density at radius 2 is 1.85 bits per heavy atom. The summed E-state index contributed by atoms with van der Waals surface area (Å²) in [6.45, 7) is 0.819. The minimum absolute atomic E-state index is 0.159. The van der Waals surface area contributed by atoms with Gasteiger partial charge in [0.1, 0.15) is 0 Å². The first-order chi connectivity index (χ1) is 6.31. The number of rotatable bonds is 3. The van der Waals surface area contributed by atoms with E-state index in [0.717, 1.165) is 25.0 Å². The number of hydrogen-bond acceptors (Lipinski definition) is 1. The monoisotopic (exact) mass is 249 g/mol. The molecule has 2 aliphatic heterocycles. The van der Waals surface area contributed by atoms with Crippen molar-refractivity contribution < 1.29 is 4.39 Å². The van der Waals surface area contributed by atoms with Crippen LogP contribution in [0.2, 0.25) is 0 Å². The summed E-state index contributed by atoms with van der Waals surface area (Å²) in [6, 6.07) is 1.49. The molecule has 0 amide bonds. The van der Waals surface area contributed by atoms with Crippen LogP contribution in [0.3, 0.4) is 0 Å². The topological polar surface area (TPSA) is 3.24 Å². The van der Waals surface area contributed by atoms with Gasteiger partial charge in [-0.25, -0.2) is 0 Å². The molecule has 76 valence electrons. The molecular formula is C10H17BrFN. The number of alkyl halides is 2. The second-order valence-corrected chi connectivity index (χ2v) is 5.53. The first-order valence-electron chi connectivity index (χ1n) is 5.27. The first-order valence-corrected chi connectivity index (χ1v) is 6.18.